The number of rotatable bonds is 6. The molecule has 0 radical (unpaired) electrons. The number of methoxy groups -OCH3 is 1. The van der Waals surface area contributed by atoms with Crippen LogP contribution in [0.4, 0.5) is 0 Å². The minimum atomic E-state index is -0.184. The molecular formula is C21H32O3. The largest absolute Gasteiger partial charge is 0.489 e. The van der Waals surface area contributed by atoms with Gasteiger partial charge in [0.25, 0.3) is 0 Å². The molecule has 0 aliphatic rings. The normalized spacial score (nSPS) is 12.0. The van der Waals surface area contributed by atoms with Crippen molar-refractivity contribution in [2.24, 2.45) is 0 Å². The second-order valence-electron chi connectivity index (χ2n) is 8.20. The number of ether oxygens (including phenoxy) is 2. The maximum atomic E-state index is 11.5. The molecule has 134 valence electrons. The Morgan fingerprint density at radius 3 is 1.96 bits per heavy atom. The van der Waals surface area contributed by atoms with Crippen molar-refractivity contribution in [3.63, 3.8) is 0 Å². The summed E-state index contributed by atoms with van der Waals surface area (Å²) in [6.07, 6.45) is 2.82. The van der Waals surface area contributed by atoms with Gasteiger partial charge in [0, 0.05) is 17.5 Å². The topological polar surface area (TPSA) is 35.5 Å². The van der Waals surface area contributed by atoms with E-state index in [1.165, 1.54) is 7.11 Å². The zero-order chi connectivity index (χ0) is 18.5. The van der Waals surface area contributed by atoms with E-state index in [1.807, 2.05) is 0 Å². The molecule has 0 heterocycles. The second-order valence-corrected chi connectivity index (χ2v) is 8.20. The Morgan fingerprint density at radius 1 is 1.08 bits per heavy atom. The van der Waals surface area contributed by atoms with Gasteiger partial charge >= 0.3 is 5.97 Å². The number of carbonyl (C=O) groups excluding carboxylic acids is 1. The predicted octanol–water partition coefficient (Wildman–Crippen LogP) is 4.95. The van der Waals surface area contributed by atoms with Gasteiger partial charge in [0.15, 0.2) is 0 Å². The maximum Gasteiger partial charge on any atom is 0.305 e. The standard InChI is InChI=1S/C21H32O3/c1-9-12-24-19-16(20(2,3)4)13-15(10-11-18(22)23-8)14-17(19)21(5,6)7/h9,13-14H,1,10-12H2,2-8H3. The second kappa shape index (κ2) is 7.87. The van der Waals surface area contributed by atoms with Crippen LogP contribution in [-0.4, -0.2) is 19.7 Å². The van der Waals surface area contributed by atoms with E-state index in [2.05, 4.69) is 60.3 Å². The molecule has 0 amide bonds. The Kier molecular flexibility index (Phi) is 6.65. The molecule has 1 aromatic rings. The molecule has 0 unspecified atom stereocenters. The molecule has 0 saturated heterocycles. The molecule has 0 N–H and O–H groups in total. The Bertz CT molecular complexity index is 551. The average Bonchev–Trinajstić information content (AvgIpc) is 2.48. The van der Waals surface area contributed by atoms with Crippen LogP contribution in [0.5, 0.6) is 5.75 Å². The van der Waals surface area contributed by atoms with E-state index in [1.54, 1.807) is 6.08 Å². The van der Waals surface area contributed by atoms with E-state index >= 15 is 0 Å². The van der Waals surface area contributed by atoms with Crippen LogP contribution in [0.1, 0.15) is 64.7 Å². The lowest BCUT2D eigenvalue weighted by molar-refractivity contribution is -0.140. The summed E-state index contributed by atoms with van der Waals surface area (Å²) < 4.78 is 10.8. The van der Waals surface area contributed by atoms with Gasteiger partial charge in [-0.05, 0) is 22.8 Å². The number of carbonyl (C=O) groups is 1. The highest BCUT2D eigenvalue weighted by atomic mass is 16.5. The van der Waals surface area contributed by atoms with Gasteiger partial charge in [-0.15, -0.1) is 0 Å². The van der Waals surface area contributed by atoms with Gasteiger partial charge in [-0.25, -0.2) is 0 Å². The monoisotopic (exact) mass is 332 g/mol. The van der Waals surface area contributed by atoms with Crippen LogP contribution in [-0.2, 0) is 26.8 Å². The first kappa shape index (κ1) is 20.3. The van der Waals surface area contributed by atoms with Gasteiger partial charge in [-0.3, -0.25) is 4.79 Å². The summed E-state index contributed by atoms with van der Waals surface area (Å²) in [7, 11) is 1.43. The fourth-order valence-corrected chi connectivity index (χ4v) is 2.59. The fourth-order valence-electron chi connectivity index (χ4n) is 2.59. The summed E-state index contributed by atoms with van der Waals surface area (Å²) in [6.45, 7) is 17.3. The van der Waals surface area contributed by atoms with Gasteiger partial charge < -0.3 is 9.47 Å². The Morgan fingerprint density at radius 2 is 1.58 bits per heavy atom. The quantitative estimate of drug-likeness (QED) is 0.546. The van der Waals surface area contributed by atoms with E-state index in [0.717, 1.165) is 22.4 Å². The SMILES string of the molecule is C=CCOc1c(C(C)(C)C)cc(CCC(=O)OC)cc1C(C)(C)C. The van der Waals surface area contributed by atoms with Crippen molar-refractivity contribution in [2.75, 3.05) is 13.7 Å². The van der Waals surface area contributed by atoms with Gasteiger partial charge in [0.2, 0.25) is 0 Å². The van der Waals surface area contributed by atoms with Crippen LogP contribution in [0.15, 0.2) is 24.8 Å². The number of hydrogen-bond acceptors (Lipinski definition) is 3. The third kappa shape index (κ3) is 5.40. The summed E-state index contributed by atoms with van der Waals surface area (Å²) in [5, 5.41) is 0. The minimum Gasteiger partial charge on any atom is -0.489 e. The van der Waals surface area contributed by atoms with Crippen molar-refractivity contribution in [3.8, 4) is 5.75 Å². The zero-order valence-corrected chi connectivity index (χ0v) is 16.3. The van der Waals surface area contributed by atoms with E-state index in [-0.39, 0.29) is 16.8 Å². The van der Waals surface area contributed by atoms with Gasteiger partial charge in [0.05, 0.1) is 7.11 Å². The van der Waals surface area contributed by atoms with Crippen LogP contribution in [0, 0.1) is 0 Å². The van der Waals surface area contributed by atoms with E-state index in [9.17, 15) is 4.79 Å². The highest BCUT2D eigenvalue weighted by Gasteiger charge is 2.27. The molecule has 0 aliphatic heterocycles. The molecule has 0 aromatic heterocycles. The van der Waals surface area contributed by atoms with Crippen LogP contribution < -0.4 is 4.74 Å². The molecule has 3 nitrogen and oxygen atoms in total. The molecule has 0 aliphatic carbocycles. The van der Waals surface area contributed by atoms with Gasteiger partial charge in [0.1, 0.15) is 12.4 Å². The van der Waals surface area contributed by atoms with Crippen molar-refractivity contribution >= 4 is 5.97 Å². The van der Waals surface area contributed by atoms with Crippen LogP contribution in [0.2, 0.25) is 0 Å². The molecule has 0 spiro atoms. The first-order valence-corrected chi connectivity index (χ1v) is 8.49. The Hall–Kier alpha value is -1.77. The first-order chi connectivity index (χ1) is 11.0. The van der Waals surface area contributed by atoms with Crippen molar-refractivity contribution in [2.45, 2.75) is 65.2 Å². The highest BCUT2D eigenvalue weighted by molar-refractivity contribution is 5.69. The van der Waals surface area contributed by atoms with Crippen LogP contribution in [0.3, 0.4) is 0 Å². The van der Waals surface area contributed by atoms with E-state index in [4.69, 9.17) is 9.47 Å². The number of benzene rings is 1. The third-order valence-corrected chi connectivity index (χ3v) is 3.96. The number of aryl methyl sites for hydroxylation is 1. The van der Waals surface area contributed by atoms with Crippen molar-refractivity contribution in [1.82, 2.24) is 0 Å². The average molecular weight is 332 g/mol. The molecule has 0 saturated carbocycles. The molecule has 1 aromatic carbocycles. The van der Waals surface area contributed by atoms with Crippen molar-refractivity contribution < 1.29 is 14.3 Å². The lowest BCUT2D eigenvalue weighted by Gasteiger charge is -2.30. The first-order valence-electron chi connectivity index (χ1n) is 8.49. The smallest absolute Gasteiger partial charge is 0.305 e. The fraction of sp³-hybridized carbons (Fsp3) is 0.571. The molecule has 24 heavy (non-hydrogen) atoms. The molecule has 0 fully saturated rings. The number of hydrogen-bond donors (Lipinski definition) is 0. The Labute approximate surface area is 147 Å². The van der Waals surface area contributed by atoms with E-state index in [0.29, 0.717) is 19.4 Å². The van der Waals surface area contributed by atoms with Gasteiger partial charge in [-0.2, -0.15) is 0 Å². The molecular weight excluding hydrogens is 300 g/mol. The highest BCUT2D eigenvalue weighted by Crippen LogP contribution is 2.41. The van der Waals surface area contributed by atoms with Crippen LogP contribution in [0.25, 0.3) is 0 Å². The van der Waals surface area contributed by atoms with Crippen molar-refractivity contribution in [1.29, 1.82) is 0 Å². The number of esters is 1. The third-order valence-electron chi connectivity index (χ3n) is 3.96. The lowest BCUT2D eigenvalue weighted by Crippen LogP contribution is -2.20. The van der Waals surface area contributed by atoms with Crippen molar-refractivity contribution in [3.05, 3.63) is 41.5 Å². The molecule has 0 bridgehead atoms. The Balaban J connectivity index is 3.45. The summed E-state index contributed by atoms with van der Waals surface area (Å²) in [5.41, 5.74) is 3.35. The summed E-state index contributed by atoms with van der Waals surface area (Å²) in [4.78, 5) is 11.5. The molecule has 0 atom stereocenters. The predicted molar refractivity (Wildman–Crippen MR) is 99.9 cm³/mol. The summed E-state index contributed by atoms with van der Waals surface area (Å²) in [6, 6.07) is 4.33. The molecule has 3 heteroatoms. The van der Waals surface area contributed by atoms with E-state index < -0.39 is 0 Å². The minimum absolute atomic E-state index is 0.0578. The van der Waals surface area contributed by atoms with Crippen LogP contribution >= 0.6 is 0 Å². The van der Waals surface area contributed by atoms with Gasteiger partial charge in [-0.1, -0.05) is 66.3 Å². The lowest BCUT2D eigenvalue weighted by atomic mass is 9.78. The zero-order valence-electron chi connectivity index (χ0n) is 16.3. The summed E-state index contributed by atoms with van der Waals surface area (Å²) >= 11 is 0. The maximum absolute atomic E-state index is 11.5. The summed E-state index contributed by atoms with van der Waals surface area (Å²) in [5.74, 6) is 0.758. The molecule has 1 rings (SSSR count).